The summed E-state index contributed by atoms with van der Waals surface area (Å²) in [5.74, 6) is -3.33. The molecule has 0 aromatic heterocycles. The van der Waals surface area contributed by atoms with Crippen LogP contribution in [0.3, 0.4) is 0 Å². The first-order chi connectivity index (χ1) is 8.84. The monoisotopic (exact) mass is 441 g/mol. The number of nitrogens with two attached hydrogens (primary N) is 2. The van der Waals surface area contributed by atoms with Crippen LogP contribution in [-0.2, 0) is 19.2 Å². The van der Waals surface area contributed by atoms with E-state index in [9.17, 15) is 0 Å². The summed E-state index contributed by atoms with van der Waals surface area (Å²) in [6.07, 6.45) is 0. The van der Waals surface area contributed by atoms with Crippen molar-refractivity contribution in [2.24, 2.45) is 11.5 Å². The molecule has 0 spiro atoms. The molecule has 0 aliphatic heterocycles. The maximum absolute atomic E-state index is 9.00. The van der Waals surface area contributed by atoms with Crippen LogP contribution >= 0.6 is 0 Å². The summed E-state index contributed by atoms with van der Waals surface area (Å²) >= 11 is 0. The van der Waals surface area contributed by atoms with Gasteiger partial charge < -0.3 is 31.9 Å². The second-order valence-corrected chi connectivity index (χ2v) is 2.65. The topological polar surface area (TPSA) is 201 Å². The van der Waals surface area contributed by atoms with E-state index in [2.05, 4.69) is 0 Å². The van der Waals surface area contributed by atoms with Crippen molar-refractivity contribution in [1.82, 2.24) is 0 Å². The number of hydrogen-bond donors (Lipinski definition) is 6. The fourth-order valence-corrected chi connectivity index (χ4v) is 0. The number of rotatable bonds is 1. The van der Waals surface area contributed by atoms with Gasteiger partial charge in [0.25, 0.3) is 23.9 Å². The molecule has 0 aromatic carbocycles. The predicted molar refractivity (Wildman–Crippen MR) is 71.3 cm³/mol. The number of carbonyl (C=O) groups is 4. The summed E-state index contributed by atoms with van der Waals surface area (Å²) in [5, 5.41) is 29.7. The van der Waals surface area contributed by atoms with Gasteiger partial charge in [-0.3, -0.25) is 19.2 Å². The zero-order chi connectivity index (χ0) is 17.7. The number of hydrogen-bond acceptors (Lipinski definition) is 6. The average Bonchev–Trinajstić information content (AvgIpc) is 2.13. The van der Waals surface area contributed by atoms with Crippen molar-refractivity contribution in [1.29, 1.82) is 0 Å². The van der Waals surface area contributed by atoms with Gasteiger partial charge in [-0.1, -0.05) is 0 Å². The smallest absolute Gasteiger partial charge is 0.300 e. The maximum Gasteiger partial charge on any atom is 0.300 e. The molecule has 0 aromatic rings. The Labute approximate surface area is 156 Å². The molecular weight excluding hydrogens is 417 g/mol. The summed E-state index contributed by atoms with van der Waals surface area (Å²) in [5.41, 5.74) is 9.81. The average molecular weight is 441 g/mol. The Morgan fingerprint density at radius 2 is 0.667 bits per heavy atom. The predicted octanol–water partition coefficient (Wildman–Crippen LogP) is -0.733. The minimum absolute atomic E-state index is 0. The minimum Gasteiger partial charge on any atom is -0.481 e. The van der Waals surface area contributed by atoms with E-state index in [4.69, 9.17) is 51.1 Å². The summed E-state index contributed by atoms with van der Waals surface area (Å²) in [6, 6.07) is 0. The molecule has 0 saturated heterocycles. The summed E-state index contributed by atoms with van der Waals surface area (Å²) in [6.45, 7) is 5.53. The molecule has 125 valence electrons. The third kappa shape index (κ3) is 211000. The van der Waals surface area contributed by atoms with Crippen LogP contribution in [0.5, 0.6) is 0 Å². The molecule has 0 atom stereocenters. The van der Waals surface area contributed by atoms with Crippen LogP contribution in [0.15, 0.2) is 0 Å². The molecule has 0 bridgehead atoms. The number of aliphatic carboxylic acids is 4. The first-order valence-corrected chi connectivity index (χ1v) is 5.03. The zero-order valence-corrected chi connectivity index (χ0v) is 16.3. The van der Waals surface area contributed by atoms with E-state index in [1.807, 2.05) is 0 Å². The third-order valence-electron chi connectivity index (χ3n) is 0.167. The third-order valence-corrected chi connectivity index (χ3v) is 0.167. The zero-order valence-electron chi connectivity index (χ0n) is 12.6. The Hall–Kier alpha value is -0.836. The largest absolute Gasteiger partial charge is 0.481 e. The van der Waals surface area contributed by atoms with E-state index in [-0.39, 0.29) is 41.3 Å². The quantitative estimate of drug-likeness (QED) is 0.301. The molecule has 0 aliphatic carbocycles. The van der Waals surface area contributed by atoms with Crippen LogP contribution in [0.1, 0.15) is 27.7 Å². The molecule has 0 amide bonds. The molecule has 1 radical (unpaired) electrons. The Kier molecular flexibility index (Phi) is 64.1. The first kappa shape index (κ1) is 36.9. The van der Waals surface area contributed by atoms with Crippen LogP contribution < -0.4 is 11.5 Å². The van der Waals surface area contributed by atoms with Crippen LogP contribution in [0.2, 0.25) is 0 Å². The van der Waals surface area contributed by atoms with Gasteiger partial charge in [0.05, 0.1) is 0 Å². The maximum atomic E-state index is 9.00. The van der Waals surface area contributed by atoms with E-state index in [1.165, 1.54) is 0 Å². The van der Waals surface area contributed by atoms with E-state index in [0.29, 0.717) is 13.1 Å². The van der Waals surface area contributed by atoms with Gasteiger partial charge in [-0.25, -0.2) is 0 Å². The van der Waals surface area contributed by atoms with Crippen LogP contribution in [0, 0.1) is 41.3 Å². The molecule has 0 unspecified atom stereocenters. The van der Waals surface area contributed by atoms with Crippen molar-refractivity contribution in [2.45, 2.75) is 27.7 Å². The second kappa shape index (κ2) is 36.5. The van der Waals surface area contributed by atoms with Gasteiger partial charge in [0, 0.05) is 82.1 Å². The molecule has 21 heavy (non-hydrogen) atoms. The van der Waals surface area contributed by atoms with Gasteiger partial charge in [0.2, 0.25) is 0 Å². The van der Waals surface area contributed by atoms with Gasteiger partial charge in [-0.15, -0.1) is 0 Å². The first-order valence-electron chi connectivity index (χ1n) is 5.03. The fourth-order valence-electron chi connectivity index (χ4n) is 0. The Morgan fingerprint density at radius 1 is 0.619 bits per heavy atom. The summed E-state index contributed by atoms with van der Waals surface area (Å²) in [7, 11) is 0. The SMILES string of the molecule is CC(=O)O.CC(=O)O.CC(=O)O.CC(=O)O.NCCN.[Pr]. The van der Waals surface area contributed by atoms with Gasteiger partial charge in [-0.2, -0.15) is 0 Å². The van der Waals surface area contributed by atoms with E-state index in [1.54, 1.807) is 0 Å². The van der Waals surface area contributed by atoms with Crippen molar-refractivity contribution < 1.29 is 80.9 Å². The Morgan fingerprint density at radius 3 is 0.667 bits per heavy atom. The molecule has 10 nitrogen and oxygen atoms in total. The van der Waals surface area contributed by atoms with Crippen molar-refractivity contribution >= 4 is 23.9 Å². The van der Waals surface area contributed by atoms with E-state index < -0.39 is 23.9 Å². The number of carboxylic acids is 4. The summed E-state index contributed by atoms with van der Waals surface area (Å²) < 4.78 is 0. The molecule has 0 fully saturated rings. The molecule has 8 N–H and O–H groups in total. The Balaban J connectivity index is -0.0000000331. The molecule has 0 heterocycles. The molecule has 0 saturated carbocycles. The van der Waals surface area contributed by atoms with Gasteiger partial charge in [0.1, 0.15) is 0 Å². The van der Waals surface area contributed by atoms with E-state index in [0.717, 1.165) is 27.7 Å². The van der Waals surface area contributed by atoms with Gasteiger partial charge >= 0.3 is 0 Å². The van der Waals surface area contributed by atoms with Crippen molar-refractivity contribution in [2.75, 3.05) is 13.1 Å². The second-order valence-electron chi connectivity index (χ2n) is 2.65. The van der Waals surface area contributed by atoms with Crippen molar-refractivity contribution in [3.8, 4) is 0 Å². The van der Waals surface area contributed by atoms with Crippen molar-refractivity contribution in [3.05, 3.63) is 0 Å². The molecule has 0 aliphatic rings. The van der Waals surface area contributed by atoms with Gasteiger partial charge in [0.15, 0.2) is 0 Å². The molecule has 0 rings (SSSR count). The molecule has 11 heteroatoms. The van der Waals surface area contributed by atoms with Gasteiger partial charge in [-0.05, 0) is 0 Å². The summed E-state index contributed by atoms with van der Waals surface area (Å²) in [4.78, 5) is 36.0. The molecular formula is C10H24N2O8Pr. The van der Waals surface area contributed by atoms with Crippen LogP contribution in [-0.4, -0.2) is 57.4 Å². The standard InChI is InChI=1S/C2H8N2.4C2H4O2.Pr/c3-1-2-4;4*1-2(3)4;/h1-4H2;4*1H3,(H,3,4);. The van der Waals surface area contributed by atoms with Crippen molar-refractivity contribution in [3.63, 3.8) is 0 Å². The van der Waals surface area contributed by atoms with E-state index >= 15 is 0 Å². The fraction of sp³-hybridized carbons (Fsp3) is 0.600. The van der Waals surface area contributed by atoms with Crippen LogP contribution in [0.4, 0.5) is 0 Å². The van der Waals surface area contributed by atoms with Crippen LogP contribution in [0.25, 0.3) is 0 Å². The minimum atomic E-state index is -0.833. The number of carboxylic acid groups (broad SMARTS) is 4. The Bertz CT molecular complexity index is 195. The normalized spacial score (nSPS) is 6.19.